The molecule has 0 aliphatic heterocycles. The van der Waals surface area contributed by atoms with Crippen molar-refractivity contribution in [2.45, 2.75) is 33.6 Å². The molecule has 4 aromatic rings. The summed E-state index contributed by atoms with van der Waals surface area (Å²) < 4.78 is 5.64. The maximum Gasteiger partial charge on any atom is 0.255 e. The van der Waals surface area contributed by atoms with Crippen molar-refractivity contribution < 1.29 is 9.53 Å². The van der Waals surface area contributed by atoms with Gasteiger partial charge in [0.2, 0.25) is 0 Å². The molecule has 4 rings (SSSR count). The third-order valence-corrected chi connectivity index (χ3v) is 5.12. The Bertz CT molecular complexity index is 1210. The first kappa shape index (κ1) is 20.6. The summed E-state index contributed by atoms with van der Waals surface area (Å²) in [5.74, 6) is 0.505. The molecule has 158 valence electrons. The van der Waals surface area contributed by atoms with Crippen LogP contribution in [0.5, 0.6) is 5.75 Å². The van der Waals surface area contributed by atoms with Crippen LogP contribution in [0.1, 0.15) is 41.8 Å². The van der Waals surface area contributed by atoms with Crippen LogP contribution in [0.25, 0.3) is 16.7 Å². The highest BCUT2D eigenvalue weighted by Gasteiger charge is 2.12. The number of carbonyl (C=O) groups excluding carboxylic acids is 1. The SMILES string of the molecule is CCCOc1cccc(C(=O)Nc2cc3nn(-c4ccc(CC)cc4)nc3cc2C)c1. The molecule has 0 saturated carbocycles. The summed E-state index contributed by atoms with van der Waals surface area (Å²) in [4.78, 5) is 14.4. The van der Waals surface area contributed by atoms with E-state index in [0.717, 1.165) is 35.1 Å². The molecule has 6 nitrogen and oxygen atoms in total. The molecule has 0 bridgehead atoms. The zero-order valence-electron chi connectivity index (χ0n) is 18.1. The Kier molecular flexibility index (Phi) is 5.98. The number of ether oxygens (including phenoxy) is 1. The number of benzene rings is 3. The lowest BCUT2D eigenvalue weighted by molar-refractivity contribution is 0.102. The Morgan fingerprint density at radius 2 is 1.74 bits per heavy atom. The first-order chi connectivity index (χ1) is 15.1. The highest BCUT2D eigenvalue weighted by atomic mass is 16.5. The van der Waals surface area contributed by atoms with Crippen LogP contribution in [0.15, 0.2) is 60.7 Å². The van der Waals surface area contributed by atoms with Gasteiger partial charge in [-0.2, -0.15) is 4.80 Å². The molecule has 0 aliphatic carbocycles. The Morgan fingerprint density at radius 1 is 1.00 bits per heavy atom. The number of amides is 1. The number of nitrogens with zero attached hydrogens (tertiary/aromatic N) is 3. The second-order valence-corrected chi connectivity index (χ2v) is 7.50. The highest BCUT2D eigenvalue weighted by Crippen LogP contribution is 2.23. The van der Waals surface area contributed by atoms with Crippen LogP contribution < -0.4 is 10.1 Å². The largest absolute Gasteiger partial charge is 0.494 e. The maximum absolute atomic E-state index is 12.8. The molecule has 0 unspecified atom stereocenters. The first-order valence-corrected chi connectivity index (χ1v) is 10.6. The van der Waals surface area contributed by atoms with Crippen molar-refractivity contribution in [1.82, 2.24) is 15.0 Å². The summed E-state index contributed by atoms with van der Waals surface area (Å²) in [7, 11) is 0. The smallest absolute Gasteiger partial charge is 0.255 e. The Morgan fingerprint density at radius 3 is 2.45 bits per heavy atom. The molecule has 0 spiro atoms. The molecule has 0 aliphatic rings. The lowest BCUT2D eigenvalue weighted by Crippen LogP contribution is -2.13. The van der Waals surface area contributed by atoms with Gasteiger partial charge in [0.05, 0.1) is 12.3 Å². The molecular formula is C25H26N4O2. The number of aryl methyl sites for hydroxylation is 2. The van der Waals surface area contributed by atoms with Gasteiger partial charge in [0.15, 0.2) is 0 Å². The fourth-order valence-electron chi connectivity index (χ4n) is 3.32. The zero-order chi connectivity index (χ0) is 21.8. The summed E-state index contributed by atoms with van der Waals surface area (Å²) >= 11 is 0. The van der Waals surface area contributed by atoms with Crippen LogP contribution >= 0.6 is 0 Å². The van der Waals surface area contributed by atoms with Crippen LogP contribution in [0, 0.1) is 6.92 Å². The van der Waals surface area contributed by atoms with Crippen molar-refractivity contribution >= 4 is 22.6 Å². The van der Waals surface area contributed by atoms with Crippen molar-refractivity contribution in [2.24, 2.45) is 0 Å². The second kappa shape index (κ2) is 9.00. The molecule has 1 heterocycles. The highest BCUT2D eigenvalue weighted by molar-refractivity contribution is 6.05. The number of aromatic nitrogens is 3. The van der Waals surface area contributed by atoms with Gasteiger partial charge >= 0.3 is 0 Å². The molecule has 3 aromatic carbocycles. The number of fused-ring (bicyclic) bond motifs is 1. The van der Waals surface area contributed by atoms with E-state index in [4.69, 9.17) is 4.74 Å². The van der Waals surface area contributed by atoms with Gasteiger partial charge in [-0.1, -0.05) is 32.0 Å². The number of anilines is 1. The van der Waals surface area contributed by atoms with Crippen molar-refractivity contribution in [3.8, 4) is 11.4 Å². The number of rotatable bonds is 7. The van der Waals surface area contributed by atoms with Gasteiger partial charge in [0.25, 0.3) is 5.91 Å². The van der Waals surface area contributed by atoms with E-state index in [9.17, 15) is 4.79 Å². The Balaban J connectivity index is 1.58. The van der Waals surface area contributed by atoms with Crippen LogP contribution in [0.3, 0.4) is 0 Å². The van der Waals surface area contributed by atoms with Crippen molar-refractivity contribution in [2.75, 3.05) is 11.9 Å². The fraction of sp³-hybridized carbons (Fsp3) is 0.240. The molecule has 0 radical (unpaired) electrons. The monoisotopic (exact) mass is 414 g/mol. The summed E-state index contributed by atoms with van der Waals surface area (Å²) in [6, 6.07) is 19.2. The predicted molar refractivity (Wildman–Crippen MR) is 123 cm³/mol. The molecule has 1 aromatic heterocycles. The van der Waals surface area contributed by atoms with Crippen molar-refractivity contribution in [1.29, 1.82) is 0 Å². The van der Waals surface area contributed by atoms with Gasteiger partial charge in [0.1, 0.15) is 16.8 Å². The second-order valence-electron chi connectivity index (χ2n) is 7.50. The maximum atomic E-state index is 12.8. The molecule has 31 heavy (non-hydrogen) atoms. The number of hydrogen-bond acceptors (Lipinski definition) is 4. The zero-order valence-corrected chi connectivity index (χ0v) is 18.1. The van der Waals surface area contributed by atoms with E-state index in [1.165, 1.54) is 5.56 Å². The topological polar surface area (TPSA) is 69.0 Å². The third-order valence-electron chi connectivity index (χ3n) is 5.12. The van der Waals surface area contributed by atoms with E-state index in [2.05, 4.69) is 34.6 Å². The molecule has 0 fully saturated rings. The average molecular weight is 415 g/mol. The van der Waals surface area contributed by atoms with Gasteiger partial charge in [-0.05, 0) is 73.4 Å². The summed E-state index contributed by atoms with van der Waals surface area (Å²) in [6.07, 6.45) is 1.91. The molecule has 0 saturated heterocycles. The number of hydrogen-bond donors (Lipinski definition) is 1. The predicted octanol–water partition coefficient (Wildman–Crippen LogP) is 5.33. The normalized spacial score (nSPS) is 10.9. The molecular weight excluding hydrogens is 388 g/mol. The van der Waals surface area contributed by atoms with Gasteiger partial charge in [-0.25, -0.2) is 0 Å². The van der Waals surface area contributed by atoms with E-state index in [-0.39, 0.29) is 5.91 Å². The van der Waals surface area contributed by atoms with Crippen molar-refractivity contribution in [3.05, 3.63) is 77.4 Å². The van der Waals surface area contributed by atoms with Crippen molar-refractivity contribution in [3.63, 3.8) is 0 Å². The van der Waals surface area contributed by atoms with Gasteiger partial charge < -0.3 is 10.1 Å². The minimum atomic E-state index is -0.188. The van der Waals surface area contributed by atoms with Crippen LogP contribution in [-0.2, 0) is 6.42 Å². The molecule has 6 heteroatoms. The standard InChI is InChI=1S/C25H26N4O2/c1-4-13-31-21-8-6-7-19(15-21)25(30)26-22-16-24-23(14-17(22)3)27-29(28-24)20-11-9-18(5-2)10-12-20/h6-12,14-16H,4-5,13H2,1-3H3,(H,26,30). The minimum absolute atomic E-state index is 0.188. The summed E-state index contributed by atoms with van der Waals surface area (Å²) in [5, 5.41) is 12.2. The minimum Gasteiger partial charge on any atom is -0.494 e. The lowest BCUT2D eigenvalue weighted by Gasteiger charge is -2.10. The van der Waals surface area contributed by atoms with E-state index in [1.54, 1.807) is 16.9 Å². The van der Waals surface area contributed by atoms with E-state index < -0.39 is 0 Å². The quantitative estimate of drug-likeness (QED) is 0.444. The average Bonchev–Trinajstić information content (AvgIpc) is 3.20. The number of carbonyl (C=O) groups is 1. The first-order valence-electron chi connectivity index (χ1n) is 10.6. The lowest BCUT2D eigenvalue weighted by atomic mass is 10.1. The Hall–Kier alpha value is -3.67. The van der Waals surface area contributed by atoms with E-state index in [1.807, 2.05) is 50.2 Å². The third kappa shape index (κ3) is 4.58. The fourth-order valence-corrected chi connectivity index (χ4v) is 3.32. The van der Waals surface area contributed by atoms with Gasteiger partial charge in [0, 0.05) is 11.3 Å². The van der Waals surface area contributed by atoms with Gasteiger partial charge in [-0.3, -0.25) is 4.79 Å². The Labute approximate surface area is 181 Å². The summed E-state index contributed by atoms with van der Waals surface area (Å²) in [5.41, 5.74) is 5.86. The molecule has 1 N–H and O–H groups in total. The van der Waals surface area contributed by atoms with E-state index >= 15 is 0 Å². The van der Waals surface area contributed by atoms with Gasteiger partial charge in [-0.15, -0.1) is 10.2 Å². The van der Waals surface area contributed by atoms with Crippen LogP contribution in [-0.4, -0.2) is 27.5 Å². The number of nitrogens with one attached hydrogen (secondary N) is 1. The molecule has 1 amide bonds. The molecule has 0 atom stereocenters. The van der Waals surface area contributed by atoms with Crippen LogP contribution in [0.4, 0.5) is 5.69 Å². The van der Waals surface area contributed by atoms with E-state index in [0.29, 0.717) is 23.6 Å². The summed E-state index contributed by atoms with van der Waals surface area (Å²) in [6.45, 7) is 6.75. The van der Waals surface area contributed by atoms with Crippen LogP contribution in [0.2, 0.25) is 0 Å².